The van der Waals surface area contributed by atoms with Crippen molar-refractivity contribution in [3.05, 3.63) is 29.3 Å². The second kappa shape index (κ2) is 8.53. The quantitative estimate of drug-likeness (QED) is 0.751. The van der Waals surface area contributed by atoms with Gasteiger partial charge in [-0.25, -0.2) is 0 Å². The first-order valence-corrected chi connectivity index (χ1v) is 6.81. The van der Waals surface area contributed by atoms with E-state index in [1.807, 2.05) is 27.0 Å². The van der Waals surface area contributed by atoms with Gasteiger partial charge in [-0.15, -0.1) is 0 Å². The molecule has 0 fully saturated rings. The molecule has 1 amide bonds. The smallest absolute Gasteiger partial charge is 0.221 e. The van der Waals surface area contributed by atoms with Crippen molar-refractivity contribution in [2.75, 3.05) is 26.7 Å². The summed E-state index contributed by atoms with van der Waals surface area (Å²) in [5, 5.41) is 5.87. The van der Waals surface area contributed by atoms with Gasteiger partial charge in [0.05, 0.1) is 6.61 Å². The number of aryl methyl sites for hydroxylation is 1. The van der Waals surface area contributed by atoms with Gasteiger partial charge in [-0.1, -0.05) is 12.1 Å². The first-order chi connectivity index (χ1) is 9.17. The number of hydrogen-bond donors (Lipinski definition) is 2. The average molecular weight is 264 g/mol. The third kappa shape index (κ3) is 5.75. The minimum atomic E-state index is 0.0945. The monoisotopic (exact) mass is 264 g/mol. The molecule has 0 bridgehead atoms. The summed E-state index contributed by atoms with van der Waals surface area (Å²) in [6.07, 6.45) is 1.37. The van der Waals surface area contributed by atoms with Gasteiger partial charge in [0.2, 0.25) is 5.91 Å². The normalized spacial score (nSPS) is 10.3. The van der Waals surface area contributed by atoms with Gasteiger partial charge < -0.3 is 15.4 Å². The fourth-order valence-electron chi connectivity index (χ4n) is 1.86. The number of ether oxygens (including phenoxy) is 1. The molecule has 106 valence electrons. The first kappa shape index (κ1) is 15.5. The Labute approximate surface area is 115 Å². The van der Waals surface area contributed by atoms with Gasteiger partial charge in [0.25, 0.3) is 0 Å². The Morgan fingerprint density at radius 3 is 2.74 bits per heavy atom. The van der Waals surface area contributed by atoms with Crippen molar-refractivity contribution >= 4 is 5.91 Å². The number of amides is 1. The molecule has 0 aromatic heterocycles. The van der Waals surface area contributed by atoms with E-state index in [2.05, 4.69) is 22.8 Å². The highest BCUT2D eigenvalue weighted by molar-refractivity contribution is 5.76. The molecule has 1 aromatic rings. The van der Waals surface area contributed by atoms with E-state index < -0.39 is 0 Å². The summed E-state index contributed by atoms with van der Waals surface area (Å²) in [6.45, 7) is 6.10. The van der Waals surface area contributed by atoms with Crippen molar-refractivity contribution < 1.29 is 9.53 Å². The maximum Gasteiger partial charge on any atom is 0.221 e. The summed E-state index contributed by atoms with van der Waals surface area (Å²) in [4.78, 5) is 11.4. The van der Waals surface area contributed by atoms with Crippen molar-refractivity contribution in [2.24, 2.45) is 0 Å². The first-order valence-electron chi connectivity index (χ1n) is 6.81. The largest absolute Gasteiger partial charge is 0.494 e. The predicted molar refractivity (Wildman–Crippen MR) is 77.6 cm³/mol. The van der Waals surface area contributed by atoms with E-state index in [1.54, 1.807) is 0 Å². The molecule has 0 saturated heterocycles. The lowest BCUT2D eigenvalue weighted by Crippen LogP contribution is -2.28. The topological polar surface area (TPSA) is 50.4 Å². The molecule has 0 aliphatic rings. The Bertz CT molecular complexity index is 405. The molecule has 4 nitrogen and oxygen atoms in total. The zero-order valence-corrected chi connectivity index (χ0v) is 12.1. The molecule has 4 heteroatoms. The third-order valence-electron chi connectivity index (χ3n) is 2.88. The number of hydrogen-bond acceptors (Lipinski definition) is 3. The lowest BCUT2D eigenvalue weighted by molar-refractivity contribution is -0.120. The Kier molecular flexibility index (Phi) is 6.97. The standard InChI is InChI=1S/C15H24N2O2/c1-4-19-14-6-5-13(11-12(14)2)7-10-17-15(18)8-9-16-3/h5-6,11,16H,4,7-10H2,1-3H3,(H,17,18). The number of nitrogens with one attached hydrogen (secondary N) is 2. The molecule has 19 heavy (non-hydrogen) atoms. The molecule has 0 unspecified atom stereocenters. The fourth-order valence-corrected chi connectivity index (χ4v) is 1.86. The van der Waals surface area contributed by atoms with Crippen molar-refractivity contribution in [2.45, 2.75) is 26.7 Å². The Morgan fingerprint density at radius 2 is 2.11 bits per heavy atom. The lowest BCUT2D eigenvalue weighted by atomic mass is 10.1. The zero-order valence-electron chi connectivity index (χ0n) is 12.1. The highest BCUT2D eigenvalue weighted by Crippen LogP contribution is 2.19. The van der Waals surface area contributed by atoms with Crippen LogP contribution >= 0.6 is 0 Å². The van der Waals surface area contributed by atoms with Gasteiger partial charge in [0.15, 0.2) is 0 Å². The van der Waals surface area contributed by atoms with Crippen LogP contribution < -0.4 is 15.4 Å². The van der Waals surface area contributed by atoms with Crippen molar-refractivity contribution in [1.82, 2.24) is 10.6 Å². The van der Waals surface area contributed by atoms with E-state index in [0.717, 1.165) is 17.7 Å². The summed E-state index contributed by atoms with van der Waals surface area (Å²) < 4.78 is 5.50. The van der Waals surface area contributed by atoms with Gasteiger partial charge in [0.1, 0.15) is 5.75 Å². The molecule has 0 aliphatic heterocycles. The zero-order chi connectivity index (χ0) is 14.1. The van der Waals surface area contributed by atoms with Crippen LogP contribution in [0.15, 0.2) is 18.2 Å². The Morgan fingerprint density at radius 1 is 1.32 bits per heavy atom. The summed E-state index contributed by atoms with van der Waals surface area (Å²) in [5.74, 6) is 1.03. The number of carbonyl (C=O) groups is 1. The minimum Gasteiger partial charge on any atom is -0.494 e. The SMILES string of the molecule is CCOc1ccc(CCNC(=O)CCNC)cc1C. The summed E-state index contributed by atoms with van der Waals surface area (Å²) in [7, 11) is 1.84. The van der Waals surface area contributed by atoms with Gasteiger partial charge in [0, 0.05) is 19.5 Å². The van der Waals surface area contributed by atoms with Crippen LogP contribution in [0.5, 0.6) is 5.75 Å². The average Bonchev–Trinajstić information content (AvgIpc) is 2.39. The van der Waals surface area contributed by atoms with Crippen molar-refractivity contribution in [3.8, 4) is 5.75 Å². The van der Waals surface area contributed by atoms with E-state index in [0.29, 0.717) is 26.1 Å². The second-order valence-electron chi connectivity index (χ2n) is 4.49. The molecular weight excluding hydrogens is 240 g/mol. The molecule has 0 atom stereocenters. The summed E-state index contributed by atoms with van der Waals surface area (Å²) in [6, 6.07) is 6.17. The third-order valence-corrected chi connectivity index (χ3v) is 2.88. The van der Waals surface area contributed by atoms with E-state index in [4.69, 9.17) is 4.74 Å². The van der Waals surface area contributed by atoms with Gasteiger partial charge in [-0.05, 0) is 44.5 Å². The van der Waals surface area contributed by atoms with Gasteiger partial charge in [-0.2, -0.15) is 0 Å². The van der Waals surface area contributed by atoms with E-state index in [9.17, 15) is 4.79 Å². The molecule has 0 aliphatic carbocycles. The van der Waals surface area contributed by atoms with Crippen LogP contribution in [0.1, 0.15) is 24.5 Å². The van der Waals surface area contributed by atoms with E-state index >= 15 is 0 Å². The maximum absolute atomic E-state index is 11.4. The molecule has 0 heterocycles. The summed E-state index contributed by atoms with van der Waals surface area (Å²) >= 11 is 0. The highest BCUT2D eigenvalue weighted by Gasteiger charge is 2.02. The molecule has 0 saturated carbocycles. The Balaban J connectivity index is 2.37. The lowest BCUT2D eigenvalue weighted by Gasteiger charge is -2.09. The van der Waals surface area contributed by atoms with Crippen LogP contribution in [0.4, 0.5) is 0 Å². The predicted octanol–water partition coefficient (Wildman–Crippen LogP) is 1.66. The van der Waals surface area contributed by atoms with Crippen LogP contribution in [0.2, 0.25) is 0 Å². The summed E-state index contributed by atoms with van der Waals surface area (Å²) in [5.41, 5.74) is 2.36. The number of benzene rings is 1. The van der Waals surface area contributed by atoms with Crippen LogP contribution in [0, 0.1) is 6.92 Å². The van der Waals surface area contributed by atoms with Crippen LogP contribution in [0.3, 0.4) is 0 Å². The van der Waals surface area contributed by atoms with Crippen LogP contribution in [-0.4, -0.2) is 32.7 Å². The molecule has 1 aromatic carbocycles. The molecule has 2 N–H and O–H groups in total. The highest BCUT2D eigenvalue weighted by atomic mass is 16.5. The molecule has 0 spiro atoms. The minimum absolute atomic E-state index is 0.0945. The van der Waals surface area contributed by atoms with Crippen molar-refractivity contribution in [1.29, 1.82) is 0 Å². The van der Waals surface area contributed by atoms with Crippen LogP contribution in [0.25, 0.3) is 0 Å². The maximum atomic E-state index is 11.4. The molecular formula is C15H24N2O2. The second-order valence-corrected chi connectivity index (χ2v) is 4.49. The fraction of sp³-hybridized carbons (Fsp3) is 0.533. The van der Waals surface area contributed by atoms with E-state index in [1.165, 1.54) is 5.56 Å². The molecule has 1 rings (SSSR count). The van der Waals surface area contributed by atoms with Crippen LogP contribution in [-0.2, 0) is 11.2 Å². The Hall–Kier alpha value is -1.55. The van der Waals surface area contributed by atoms with E-state index in [-0.39, 0.29) is 5.91 Å². The van der Waals surface area contributed by atoms with Gasteiger partial charge in [-0.3, -0.25) is 4.79 Å². The molecule has 0 radical (unpaired) electrons. The number of rotatable bonds is 8. The van der Waals surface area contributed by atoms with Gasteiger partial charge >= 0.3 is 0 Å². The number of carbonyl (C=O) groups excluding carboxylic acids is 1. The van der Waals surface area contributed by atoms with Crippen molar-refractivity contribution in [3.63, 3.8) is 0 Å².